The van der Waals surface area contributed by atoms with Gasteiger partial charge in [0.25, 0.3) is 0 Å². The van der Waals surface area contributed by atoms with Gasteiger partial charge in [0, 0.05) is 61.9 Å². The Balaban J connectivity index is 1.36. The maximum Gasteiger partial charge on any atom is 0.246 e. The molecule has 5 rings (SSSR count). The van der Waals surface area contributed by atoms with E-state index >= 15 is 0 Å². The number of hydrogen-bond donors (Lipinski definition) is 5. The highest BCUT2D eigenvalue weighted by Gasteiger charge is 2.42. The zero-order chi connectivity index (χ0) is 40.7. The third-order valence-electron chi connectivity index (χ3n) is 10.5. The van der Waals surface area contributed by atoms with E-state index < -0.39 is 59.7 Å². The van der Waals surface area contributed by atoms with E-state index in [0.29, 0.717) is 63.2 Å². The fourth-order valence-electron chi connectivity index (χ4n) is 7.46. The smallest absolute Gasteiger partial charge is 0.246 e. The number of carbonyl (C=O) groups excluding carboxylic acids is 7. The molecule has 0 aliphatic carbocycles. The summed E-state index contributed by atoms with van der Waals surface area (Å²) in [6, 6.07) is 12.8. The lowest BCUT2D eigenvalue weighted by Gasteiger charge is -2.32. The van der Waals surface area contributed by atoms with E-state index in [4.69, 9.17) is 5.73 Å². The number of thioether (sulfide) groups is 2. The Morgan fingerprint density at radius 3 is 2.07 bits per heavy atom. The third kappa shape index (κ3) is 12.7. The molecule has 0 spiro atoms. The molecule has 2 saturated heterocycles. The van der Waals surface area contributed by atoms with Crippen LogP contribution >= 0.6 is 23.5 Å². The van der Waals surface area contributed by atoms with Gasteiger partial charge in [0.05, 0.1) is 0 Å². The molecule has 308 valence electrons. The van der Waals surface area contributed by atoms with E-state index in [0.717, 1.165) is 28.2 Å². The molecule has 2 aromatic carbocycles. The van der Waals surface area contributed by atoms with Gasteiger partial charge in [-0.2, -0.15) is 23.5 Å². The van der Waals surface area contributed by atoms with Gasteiger partial charge in [0.1, 0.15) is 30.2 Å². The molecule has 57 heavy (non-hydrogen) atoms. The summed E-state index contributed by atoms with van der Waals surface area (Å²) in [7, 11) is 0. The number of nitrogens with zero attached hydrogens (tertiary/aromatic N) is 2. The van der Waals surface area contributed by atoms with Gasteiger partial charge < -0.3 is 36.8 Å². The Morgan fingerprint density at radius 2 is 1.37 bits per heavy atom. The predicted octanol–water partition coefficient (Wildman–Crippen LogP) is 2.03. The maximum atomic E-state index is 13.9. The molecule has 0 unspecified atom stereocenters. The molecule has 3 aliphatic rings. The van der Waals surface area contributed by atoms with Crippen LogP contribution in [0.3, 0.4) is 0 Å². The molecule has 5 atom stereocenters. The summed E-state index contributed by atoms with van der Waals surface area (Å²) in [5.74, 6) is -0.521. The van der Waals surface area contributed by atoms with Gasteiger partial charge in [0.2, 0.25) is 41.4 Å². The van der Waals surface area contributed by atoms with Gasteiger partial charge in [-0.3, -0.25) is 33.6 Å². The monoisotopic (exact) mass is 821 g/mol. The number of rotatable bonds is 6. The second-order valence-electron chi connectivity index (χ2n) is 14.7. The molecular formula is C41H55N7O7S2. The van der Waals surface area contributed by atoms with Crippen LogP contribution in [0.2, 0.25) is 0 Å². The molecule has 7 amide bonds. The van der Waals surface area contributed by atoms with Crippen molar-refractivity contribution in [2.24, 2.45) is 5.73 Å². The van der Waals surface area contributed by atoms with Crippen molar-refractivity contribution in [2.45, 2.75) is 106 Å². The summed E-state index contributed by atoms with van der Waals surface area (Å²) in [5, 5.41) is 11.2. The first-order valence-corrected chi connectivity index (χ1v) is 22.2. The fraction of sp³-hybridized carbons (Fsp3) is 0.537. The predicted molar refractivity (Wildman–Crippen MR) is 221 cm³/mol. The highest BCUT2D eigenvalue weighted by atomic mass is 32.2. The highest BCUT2D eigenvalue weighted by Crippen LogP contribution is 2.26. The summed E-state index contributed by atoms with van der Waals surface area (Å²) in [4.78, 5) is 97.2. The molecule has 0 saturated carbocycles. The number of hydrogen-bond acceptors (Lipinski definition) is 9. The summed E-state index contributed by atoms with van der Waals surface area (Å²) in [6.07, 6.45) is 2.54. The van der Waals surface area contributed by atoms with Gasteiger partial charge in [-0.15, -0.1) is 0 Å². The van der Waals surface area contributed by atoms with E-state index in [9.17, 15) is 33.6 Å². The molecular weight excluding hydrogens is 767 g/mol. The molecule has 6 N–H and O–H groups in total. The topological polar surface area (TPSA) is 200 Å². The average Bonchev–Trinajstić information content (AvgIpc) is 3.91. The minimum absolute atomic E-state index is 0.0759. The van der Waals surface area contributed by atoms with Crippen LogP contribution in [0.1, 0.15) is 75.0 Å². The lowest BCUT2D eigenvalue weighted by molar-refractivity contribution is -0.146. The normalized spacial score (nSPS) is 25.2. The van der Waals surface area contributed by atoms with Crippen LogP contribution in [0, 0.1) is 0 Å². The molecule has 2 fully saturated rings. The Bertz CT molecular complexity index is 1750. The Hall–Kier alpha value is -4.57. The molecule has 16 heteroatoms. The molecule has 2 aromatic rings. The number of fused-ring (bicyclic) bond motifs is 4. The zero-order valence-corrected chi connectivity index (χ0v) is 34.2. The van der Waals surface area contributed by atoms with Gasteiger partial charge in [-0.05, 0) is 55.2 Å². The summed E-state index contributed by atoms with van der Waals surface area (Å²) < 4.78 is 0. The Kier molecular flexibility index (Phi) is 16.7. The first kappa shape index (κ1) is 43.6. The number of amides is 7. The molecule has 0 aromatic heterocycles. The number of nitrogens with two attached hydrogens (primary N) is 1. The number of benzene rings is 2. The van der Waals surface area contributed by atoms with Crippen molar-refractivity contribution in [3.05, 3.63) is 71.3 Å². The van der Waals surface area contributed by atoms with Crippen LogP contribution in [-0.4, -0.2) is 112 Å². The van der Waals surface area contributed by atoms with Gasteiger partial charge >= 0.3 is 0 Å². The largest absolute Gasteiger partial charge is 0.370 e. The van der Waals surface area contributed by atoms with E-state index in [1.54, 1.807) is 35.3 Å². The van der Waals surface area contributed by atoms with Crippen LogP contribution < -0.4 is 27.0 Å². The van der Waals surface area contributed by atoms with E-state index in [-0.39, 0.29) is 37.5 Å². The van der Waals surface area contributed by atoms with Crippen LogP contribution in [0.15, 0.2) is 54.6 Å². The van der Waals surface area contributed by atoms with Crippen molar-refractivity contribution in [3.8, 4) is 0 Å². The van der Waals surface area contributed by atoms with Crippen molar-refractivity contribution in [1.29, 1.82) is 0 Å². The van der Waals surface area contributed by atoms with Crippen LogP contribution in [0.4, 0.5) is 0 Å². The van der Waals surface area contributed by atoms with Crippen molar-refractivity contribution in [2.75, 3.05) is 31.1 Å². The van der Waals surface area contributed by atoms with Crippen molar-refractivity contribution in [1.82, 2.24) is 31.1 Å². The maximum absolute atomic E-state index is 13.9. The zero-order valence-electron chi connectivity index (χ0n) is 32.5. The lowest BCUT2D eigenvalue weighted by atomic mass is 10.0. The van der Waals surface area contributed by atoms with E-state index in [1.165, 1.54) is 4.90 Å². The number of nitrogens with one attached hydrogen (secondary N) is 4. The van der Waals surface area contributed by atoms with Gasteiger partial charge in [0.15, 0.2) is 0 Å². The van der Waals surface area contributed by atoms with Crippen LogP contribution in [-0.2, 0) is 51.5 Å². The van der Waals surface area contributed by atoms with Crippen molar-refractivity contribution >= 4 is 64.9 Å². The van der Waals surface area contributed by atoms with Crippen molar-refractivity contribution < 1.29 is 33.6 Å². The summed E-state index contributed by atoms with van der Waals surface area (Å²) in [5.41, 5.74) is 8.54. The number of primary amides is 1. The average molecular weight is 822 g/mol. The first-order valence-electron chi connectivity index (χ1n) is 19.9. The molecule has 0 radical (unpaired) electrons. The highest BCUT2D eigenvalue weighted by molar-refractivity contribution is 7.98. The summed E-state index contributed by atoms with van der Waals surface area (Å²) in [6.45, 7) is 2.91. The van der Waals surface area contributed by atoms with Crippen LogP contribution in [0.25, 0.3) is 0 Å². The first-order chi connectivity index (χ1) is 27.5. The minimum atomic E-state index is -1.24. The molecule has 3 heterocycles. The van der Waals surface area contributed by atoms with E-state index in [2.05, 4.69) is 39.5 Å². The standard InChI is InChI=1S/C41H55N7O7S2/c1-2-30-38(52)45-31(15-16-35(42)49)39(53)46-32(24-27-9-4-3-5-10-27)37(51)43-18-22-57-26-29-12-6-11-28(23-29)25-56-21-17-36(50)47-19-8-14-34(47)41(55)48-20-7-13-33(48)40(54)44-30/h3-6,9-12,23,30-34H,2,7-8,13-22,24-26H2,1H3,(H2,42,49)(H,43,51)(H,44,54)(H,45,52)(H,46,53)/t30-,31-,32-,33-,34-/m0/s1. The van der Waals surface area contributed by atoms with Crippen molar-refractivity contribution in [3.63, 3.8) is 0 Å². The second kappa shape index (κ2) is 21.8. The molecule has 3 aliphatic heterocycles. The number of carbonyl (C=O) groups is 7. The summed E-state index contributed by atoms with van der Waals surface area (Å²) >= 11 is 3.33. The molecule has 14 nitrogen and oxygen atoms in total. The fourth-order valence-corrected chi connectivity index (χ4v) is 9.14. The van der Waals surface area contributed by atoms with Gasteiger partial charge in [-0.1, -0.05) is 61.5 Å². The third-order valence-corrected chi connectivity index (χ3v) is 12.6. The minimum Gasteiger partial charge on any atom is -0.370 e. The Morgan fingerprint density at radius 1 is 0.737 bits per heavy atom. The van der Waals surface area contributed by atoms with Gasteiger partial charge in [-0.25, -0.2) is 0 Å². The lowest BCUT2D eigenvalue weighted by Crippen LogP contribution is -2.59. The Labute approximate surface area is 342 Å². The SMILES string of the molecule is CC[C@@H]1NC(=O)[C@@H]2CCCN2C(=O)[C@@H]2CCCN2C(=O)CCSCc2cccc(c2)CSCCNC(=O)[C@H](Cc2ccccc2)NC(=O)[C@H](CCC(N)=O)NC1=O. The van der Waals surface area contributed by atoms with Crippen LogP contribution in [0.5, 0.6) is 0 Å². The quantitative estimate of drug-likeness (QED) is 0.289. The van der Waals surface area contributed by atoms with E-state index in [1.807, 2.05) is 36.4 Å². The second-order valence-corrected chi connectivity index (χ2v) is 16.9. The molecule has 2 bridgehead atoms.